The molecule has 2 unspecified atom stereocenters. The molecule has 0 aromatic heterocycles. The zero-order valence-corrected chi connectivity index (χ0v) is 8.25. The molecule has 5 heteroatoms. The topological polar surface area (TPSA) is 75.4 Å². The predicted octanol–water partition coefficient (Wildman–Crippen LogP) is -0.334. The molecule has 1 saturated heterocycles. The Morgan fingerprint density at radius 1 is 1.64 bits per heavy atom. The number of likely N-dealkylation sites (N-methyl/N-ethyl adjacent to an activating group) is 1. The normalized spacial score (nSPS) is 37.0. The van der Waals surface area contributed by atoms with Gasteiger partial charge in [0.25, 0.3) is 5.91 Å². The summed E-state index contributed by atoms with van der Waals surface area (Å²) in [4.78, 5) is 24.4. The number of nitrogens with two attached hydrogens (primary N) is 1. The molecular weight excluding hydrogens is 182 g/mol. The monoisotopic (exact) mass is 197 g/mol. The van der Waals surface area contributed by atoms with Gasteiger partial charge in [-0.15, -0.1) is 0 Å². The fourth-order valence-electron chi connectivity index (χ4n) is 2.56. The summed E-state index contributed by atoms with van der Waals surface area (Å²) in [5.41, 5.74) is 4.94. The first-order chi connectivity index (χ1) is 6.62. The molecule has 2 rings (SSSR count). The minimum absolute atomic E-state index is 0.101. The standard InChI is InChI=1S/C9H15N3O2/c1-12-7(13)9(11-8(12)14)4-2-3-6(9)5-10/h6H,2-5,10H2,1H3,(H,11,14). The summed E-state index contributed by atoms with van der Waals surface area (Å²) in [6.07, 6.45) is 2.61. The Balaban J connectivity index is 2.32. The van der Waals surface area contributed by atoms with Gasteiger partial charge in [0, 0.05) is 13.0 Å². The molecular formula is C9H15N3O2. The SMILES string of the molecule is CN1C(=O)NC2(CCCC2CN)C1=O. The molecule has 1 heterocycles. The molecule has 1 saturated carbocycles. The Bertz CT molecular complexity index is 292. The number of rotatable bonds is 1. The van der Waals surface area contributed by atoms with E-state index in [0.29, 0.717) is 6.54 Å². The van der Waals surface area contributed by atoms with E-state index in [-0.39, 0.29) is 17.9 Å². The van der Waals surface area contributed by atoms with Crippen LogP contribution in [0.3, 0.4) is 0 Å². The fourth-order valence-corrected chi connectivity index (χ4v) is 2.56. The highest BCUT2D eigenvalue weighted by molar-refractivity contribution is 6.07. The number of imide groups is 1. The van der Waals surface area contributed by atoms with Crippen LogP contribution in [0.2, 0.25) is 0 Å². The molecule has 2 aliphatic rings. The number of hydrogen-bond acceptors (Lipinski definition) is 3. The van der Waals surface area contributed by atoms with Crippen molar-refractivity contribution in [3.05, 3.63) is 0 Å². The number of amides is 3. The van der Waals surface area contributed by atoms with Gasteiger partial charge in [0.15, 0.2) is 0 Å². The highest BCUT2D eigenvalue weighted by atomic mass is 16.2. The lowest BCUT2D eigenvalue weighted by Crippen LogP contribution is -2.52. The van der Waals surface area contributed by atoms with Crippen LogP contribution in [0.5, 0.6) is 0 Å². The third kappa shape index (κ3) is 0.987. The Morgan fingerprint density at radius 3 is 2.86 bits per heavy atom. The van der Waals surface area contributed by atoms with Gasteiger partial charge < -0.3 is 11.1 Å². The number of hydrogen-bond donors (Lipinski definition) is 2. The number of carbonyl (C=O) groups excluding carboxylic acids is 2. The molecule has 1 spiro atoms. The van der Waals surface area contributed by atoms with Crippen molar-refractivity contribution in [1.82, 2.24) is 10.2 Å². The molecule has 5 nitrogen and oxygen atoms in total. The van der Waals surface area contributed by atoms with E-state index in [9.17, 15) is 9.59 Å². The Morgan fingerprint density at radius 2 is 2.36 bits per heavy atom. The van der Waals surface area contributed by atoms with Crippen LogP contribution in [0.15, 0.2) is 0 Å². The number of nitrogens with one attached hydrogen (secondary N) is 1. The third-order valence-corrected chi connectivity index (χ3v) is 3.43. The van der Waals surface area contributed by atoms with Crippen LogP contribution >= 0.6 is 0 Å². The van der Waals surface area contributed by atoms with Crippen molar-refractivity contribution in [2.75, 3.05) is 13.6 Å². The average Bonchev–Trinajstić information content (AvgIpc) is 2.66. The van der Waals surface area contributed by atoms with Crippen LogP contribution in [0.25, 0.3) is 0 Å². The smallest absolute Gasteiger partial charge is 0.324 e. The van der Waals surface area contributed by atoms with Crippen LogP contribution < -0.4 is 11.1 Å². The molecule has 2 fully saturated rings. The third-order valence-electron chi connectivity index (χ3n) is 3.43. The summed E-state index contributed by atoms with van der Waals surface area (Å²) in [6.45, 7) is 0.458. The molecule has 14 heavy (non-hydrogen) atoms. The van der Waals surface area contributed by atoms with Crippen molar-refractivity contribution in [2.45, 2.75) is 24.8 Å². The van der Waals surface area contributed by atoms with Gasteiger partial charge in [-0.25, -0.2) is 4.79 Å². The second-order valence-corrected chi connectivity index (χ2v) is 4.09. The first-order valence-electron chi connectivity index (χ1n) is 4.92. The molecule has 0 bridgehead atoms. The lowest BCUT2D eigenvalue weighted by Gasteiger charge is -2.27. The molecule has 2 atom stereocenters. The average molecular weight is 197 g/mol. The molecule has 0 radical (unpaired) electrons. The van der Waals surface area contributed by atoms with E-state index in [2.05, 4.69) is 5.32 Å². The van der Waals surface area contributed by atoms with Crippen molar-refractivity contribution in [3.63, 3.8) is 0 Å². The molecule has 3 amide bonds. The van der Waals surface area contributed by atoms with Gasteiger partial charge in [0.2, 0.25) is 0 Å². The van der Waals surface area contributed by atoms with Crippen LogP contribution in [-0.4, -0.2) is 36.0 Å². The predicted molar refractivity (Wildman–Crippen MR) is 50.4 cm³/mol. The Hall–Kier alpha value is -1.10. The minimum atomic E-state index is -0.680. The minimum Gasteiger partial charge on any atom is -0.330 e. The van der Waals surface area contributed by atoms with E-state index in [1.165, 1.54) is 7.05 Å². The Kier molecular flexibility index (Phi) is 1.99. The van der Waals surface area contributed by atoms with E-state index in [0.717, 1.165) is 24.2 Å². The molecule has 1 aliphatic carbocycles. The molecule has 0 aromatic carbocycles. The van der Waals surface area contributed by atoms with Crippen LogP contribution in [-0.2, 0) is 4.79 Å². The summed E-state index contributed by atoms with van der Waals surface area (Å²) in [5, 5.41) is 2.79. The second-order valence-electron chi connectivity index (χ2n) is 4.09. The highest BCUT2D eigenvalue weighted by Gasteiger charge is 2.56. The summed E-state index contributed by atoms with van der Waals surface area (Å²) in [7, 11) is 1.51. The first kappa shape index (κ1) is 9.45. The number of nitrogens with zero attached hydrogens (tertiary/aromatic N) is 1. The van der Waals surface area contributed by atoms with Gasteiger partial charge in [0.1, 0.15) is 5.54 Å². The molecule has 3 N–H and O–H groups in total. The summed E-state index contributed by atoms with van der Waals surface area (Å²) >= 11 is 0. The van der Waals surface area contributed by atoms with Crippen molar-refractivity contribution >= 4 is 11.9 Å². The fraction of sp³-hybridized carbons (Fsp3) is 0.778. The molecule has 0 aromatic rings. The largest absolute Gasteiger partial charge is 0.330 e. The van der Waals surface area contributed by atoms with Crippen LogP contribution in [0.1, 0.15) is 19.3 Å². The maximum Gasteiger partial charge on any atom is 0.324 e. The van der Waals surface area contributed by atoms with Crippen molar-refractivity contribution < 1.29 is 9.59 Å². The molecule has 1 aliphatic heterocycles. The lowest BCUT2D eigenvalue weighted by atomic mass is 9.87. The summed E-state index contributed by atoms with van der Waals surface area (Å²) < 4.78 is 0. The van der Waals surface area contributed by atoms with E-state index in [4.69, 9.17) is 5.73 Å². The van der Waals surface area contributed by atoms with Crippen molar-refractivity contribution in [3.8, 4) is 0 Å². The van der Waals surface area contributed by atoms with Gasteiger partial charge in [-0.2, -0.15) is 0 Å². The van der Waals surface area contributed by atoms with Gasteiger partial charge in [-0.05, 0) is 19.4 Å². The number of carbonyl (C=O) groups is 2. The zero-order chi connectivity index (χ0) is 10.3. The van der Waals surface area contributed by atoms with E-state index in [1.54, 1.807) is 0 Å². The summed E-state index contributed by atoms with van der Waals surface area (Å²) in [5.74, 6) is -0.0145. The van der Waals surface area contributed by atoms with Crippen LogP contribution in [0, 0.1) is 5.92 Å². The van der Waals surface area contributed by atoms with Gasteiger partial charge in [0.05, 0.1) is 0 Å². The Labute approximate surface area is 82.6 Å². The molecule has 78 valence electrons. The van der Waals surface area contributed by atoms with E-state index in [1.807, 2.05) is 0 Å². The van der Waals surface area contributed by atoms with Gasteiger partial charge in [-0.1, -0.05) is 6.42 Å². The number of urea groups is 1. The second kappa shape index (κ2) is 2.95. The van der Waals surface area contributed by atoms with Crippen molar-refractivity contribution in [2.24, 2.45) is 11.7 Å². The van der Waals surface area contributed by atoms with E-state index < -0.39 is 5.54 Å². The van der Waals surface area contributed by atoms with Gasteiger partial charge in [-0.3, -0.25) is 9.69 Å². The van der Waals surface area contributed by atoms with Crippen LogP contribution in [0.4, 0.5) is 4.79 Å². The lowest BCUT2D eigenvalue weighted by molar-refractivity contribution is -0.131. The highest BCUT2D eigenvalue weighted by Crippen LogP contribution is 2.39. The van der Waals surface area contributed by atoms with Gasteiger partial charge >= 0.3 is 6.03 Å². The van der Waals surface area contributed by atoms with Crippen molar-refractivity contribution in [1.29, 1.82) is 0 Å². The quantitative estimate of drug-likeness (QED) is 0.565. The summed E-state index contributed by atoms with van der Waals surface area (Å²) in [6, 6.07) is -0.296. The zero-order valence-electron chi connectivity index (χ0n) is 8.25. The maximum atomic E-state index is 11.9. The first-order valence-corrected chi connectivity index (χ1v) is 4.92. The maximum absolute atomic E-state index is 11.9. The van der Waals surface area contributed by atoms with E-state index >= 15 is 0 Å².